The monoisotopic (exact) mass is 456 g/mol. The van der Waals surface area contributed by atoms with Gasteiger partial charge in [0.05, 0.1) is 5.56 Å². The Bertz CT molecular complexity index is 1410. The number of hydrogen-bond donors (Lipinski definition) is 1. The Morgan fingerprint density at radius 1 is 1.12 bits per heavy atom. The fourth-order valence-electron chi connectivity index (χ4n) is 3.69. The highest BCUT2D eigenvalue weighted by molar-refractivity contribution is 6.16. The van der Waals surface area contributed by atoms with Gasteiger partial charge in [-0.15, -0.1) is 0 Å². The smallest absolute Gasteiger partial charge is 0.198 e. The molecule has 2 aromatic heterocycles. The van der Waals surface area contributed by atoms with Crippen molar-refractivity contribution in [2.45, 2.75) is 27.4 Å². The van der Waals surface area contributed by atoms with E-state index in [2.05, 4.69) is 20.0 Å². The maximum atomic E-state index is 15.4. The standard InChI is InChI=1S/C27H25FN4O2/c1-16(2)32-26(29-4)19-10-8-18(9-11-19)15-34-22-12-7-17(3)23(24(22)28)25(33)21-14-31-27-20(21)6-5-13-30-27/h5-14H,15H2,1-4H3,(H,30,31). The zero-order valence-electron chi connectivity index (χ0n) is 19.5. The van der Waals surface area contributed by atoms with Crippen LogP contribution in [0.3, 0.4) is 0 Å². The van der Waals surface area contributed by atoms with E-state index < -0.39 is 11.6 Å². The number of rotatable bonds is 6. The molecule has 0 spiro atoms. The Labute approximate surface area is 197 Å². The molecule has 0 aliphatic rings. The lowest BCUT2D eigenvalue weighted by Gasteiger charge is -2.12. The van der Waals surface area contributed by atoms with Gasteiger partial charge < -0.3 is 9.72 Å². The highest BCUT2D eigenvalue weighted by atomic mass is 19.1. The maximum absolute atomic E-state index is 15.4. The molecule has 0 amide bonds. The Hall–Kier alpha value is -4.13. The number of hydrogen-bond acceptors (Lipinski definition) is 4. The summed E-state index contributed by atoms with van der Waals surface area (Å²) >= 11 is 0. The molecular weight excluding hydrogens is 431 g/mol. The molecule has 6 nitrogen and oxygen atoms in total. The number of halogens is 1. The number of aryl methyl sites for hydroxylation is 1. The number of nitrogens with zero attached hydrogens (tertiary/aromatic N) is 3. The Balaban J connectivity index is 1.56. The number of H-pyrrole nitrogens is 1. The first-order chi connectivity index (χ1) is 16.4. The van der Waals surface area contributed by atoms with Crippen molar-refractivity contribution in [2.75, 3.05) is 7.05 Å². The summed E-state index contributed by atoms with van der Waals surface area (Å²) in [5.41, 5.74) is 4.14. The number of aromatic nitrogens is 2. The number of ether oxygens (including phenoxy) is 1. The van der Waals surface area contributed by atoms with Crippen LogP contribution < -0.4 is 4.74 Å². The first kappa shape index (κ1) is 23.0. The summed E-state index contributed by atoms with van der Waals surface area (Å²) in [4.78, 5) is 29.0. The summed E-state index contributed by atoms with van der Waals surface area (Å²) in [5, 5.41) is 0.648. The Kier molecular flexibility index (Phi) is 6.63. The van der Waals surface area contributed by atoms with Crippen LogP contribution in [0.25, 0.3) is 11.0 Å². The number of carbonyl (C=O) groups is 1. The molecule has 2 aromatic carbocycles. The number of fused-ring (bicyclic) bond motifs is 1. The van der Waals surface area contributed by atoms with E-state index >= 15 is 4.39 Å². The van der Waals surface area contributed by atoms with Crippen LogP contribution in [0.4, 0.5) is 4.39 Å². The van der Waals surface area contributed by atoms with Crippen LogP contribution in [-0.2, 0) is 6.61 Å². The third kappa shape index (κ3) is 4.64. The number of amidine groups is 1. The van der Waals surface area contributed by atoms with Gasteiger partial charge >= 0.3 is 0 Å². The van der Waals surface area contributed by atoms with Gasteiger partial charge in [-0.05, 0) is 50.1 Å². The van der Waals surface area contributed by atoms with Crippen LogP contribution in [0.15, 0.2) is 70.9 Å². The minimum absolute atomic E-state index is 0.00537. The molecule has 0 bridgehead atoms. The molecule has 0 atom stereocenters. The van der Waals surface area contributed by atoms with Crippen molar-refractivity contribution in [2.24, 2.45) is 9.98 Å². The zero-order chi connectivity index (χ0) is 24.2. The van der Waals surface area contributed by atoms with Crippen LogP contribution in [0, 0.1) is 12.7 Å². The normalized spacial score (nSPS) is 11.5. The number of nitrogens with one attached hydrogen (secondary N) is 1. The molecule has 0 saturated heterocycles. The maximum Gasteiger partial charge on any atom is 0.198 e. The molecule has 4 aromatic rings. The number of benzene rings is 2. The average molecular weight is 457 g/mol. The molecule has 34 heavy (non-hydrogen) atoms. The Morgan fingerprint density at radius 3 is 2.59 bits per heavy atom. The van der Waals surface area contributed by atoms with E-state index in [9.17, 15) is 4.79 Å². The van der Waals surface area contributed by atoms with Crippen LogP contribution in [0.2, 0.25) is 0 Å². The predicted octanol–water partition coefficient (Wildman–Crippen LogP) is 5.68. The molecule has 7 heteroatoms. The first-order valence-corrected chi connectivity index (χ1v) is 10.9. The van der Waals surface area contributed by atoms with Gasteiger partial charge in [-0.3, -0.25) is 9.79 Å². The largest absolute Gasteiger partial charge is 0.486 e. The number of carbonyl (C=O) groups excluding carboxylic acids is 1. The molecule has 0 aliphatic heterocycles. The highest BCUT2D eigenvalue weighted by Crippen LogP contribution is 2.28. The van der Waals surface area contributed by atoms with Crippen molar-refractivity contribution in [1.29, 1.82) is 0 Å². The van der Waals surface area contributed by atoms with Crippen molar-refractivity contribution in [3.8, 4) is 5.75 Å². The summed E-state index contributed by atoms with van der Waals surface area (Å²) in [7, 11) is 1.70. The van der Waals surface area contributed by atoms with Gasteiger partial charge in [-0.25, -0.2) is 14.4 Å². The van der Waals surface area contributed by atoms with E-state index in [-0.39, 0.29) is 17.9 Å². The average Bonchev–Trinajstić information content (AvgIpc) is 3.26. The van der Waals surface area contributed by atoms with Gasteiger partial charge in [0, 0.05) is 41.7 Å². The second-order valence-corrected chi connectivity index (χ2v) is 8.09. The molecule has 0 aliphatic carbocycles. The van der Waals surface area contributed by atoms with Crippen molar-refractivity contribution in [1.82, 2.24) is 9.97 Å². The third-order valence-corrected chi connectivity index (χ3v) is 5.39. The Morgan fingerprint density at radius 2 is 1.88 bits per heavy atom. The lowest BCUT2D eigenvalue weighted by Crippen LogP contribution is -2.09. The molecule has 172 valence electrons. The van der Waals surface area contributed by atoms with Crippen molar-refractivity contribution in [3.05, 3.63) is 94.6 Å². The number of ketones is 1. The second-order valence-electron chi connectivity index (χ2n) is 8.09. The van der Waals surface area contributed by atoms with Gasteiger partial charge in [0.25, 0.3) is 0 Å². The lowest BCUT2D eigenvalue weighted by molar-refractivity contribution is 0.103. The molecule has 0 saturated carbocycles. The van der Waals surface area contributed by atoms with Gasteiger partial charge in [0.15, 0.2) is 23.2 Å². The molecule has 0 radical (unpaired) electrons. The fourth-order valence-corrected chi connectivity index (χ4v) is 3.69. The minimum Gasteiger partial charge on any atom is -0.486 e. The highest BCUT2D eigenvalue weighted by Gasteiger charge is 2.23. The molecule has 0 unspecified atom stereocenters. The third-order valence-electron chi connectivity index (χ3n) is 5.39. The summed E-state index contributed by atoms with van der Waals surface area (Å²) in [6.07, 6.45) is 3.19. The van der Waals surface area contributed by atoms with E-state index in [1.54, 1.807) is 50.6 Å². The van der Waals surface area contributed by atoms with Crippen LogP contribution in [-0.4, -0.2) is 34.3 Å². The molecule has 1 N–H and O–H groups in total. The zero-order valence-corrected chi connectivity index (χ0v) is 19.5. The summed E-state index contributed by atoms with van der Waals surface area (Å²) in [5.74, 6) is -0.416. The summed E-state index contributed by atoms with van der Waals surface area (Å²) in [6, 6.07) is 14.3. The summed E-state index contributed by atoms with van der Waals surface area (Å²) < 4.78 is 21.2. The van der Waals surface area contributed by atoms with Crippen molar-refractivity contribution < 1.29 is 13.9 Å². The minimum atomic E-state index is -0.673. The topological polar surface area (TPSA) is 79.7 Å². The van der Waals surface area contributed by atoms with Gasteiger partial charge in [0.2, 0.25) is 0 Å². The van der Waals surface area contributed by atoms with E-state index in [1.165, 1.54) is 0 Å². The van der Waals surface area contributed by atoms with Crippen LogP contribution >= 0.6 is 0 Å². The van der Waals surface area contributed by atoms with E-state index in [0.717, 1.165) is 16.8 Å². The molecule has 0 fully saturated rings. The molecule has 4 rings (SSSR count). The summed E-state index contributed by atoms with van der Waals surface area (Å²) in [6.45, 7) is 5.69. The van der Waals surface area contributed by atoms with Crippen molar-refractivity contribution >= 4 is 28.4 Å². The van der Waals surface area contributed by atoms with E-state index in [0.29, 0.717) is 28.0 Å². The number of aliphatic imine (C=N–C) groups is 2. The van der Waals surface area contributed by atoms with E-state index in [1.807, 2.05) is 38.1 Å². The fraction of sp³-hybridized carbons (Fsp3) is 0.185. The molecular formula is C27H25FN4O2. The number of pyridine rings is 1. The first-order valence-electron chi connectivity index (χ1n) is 10.9. The SMILES string of the molecule is CN=C(N=C(C)C)c1ccc(COc2ccc(C)c(C(=O)c3c[nH]c4ncccc34)c2F)cc1. The van der Waals surface area contributed by atoms with Crippen LogP contribution in [0.5, 0.6) is 5.75 Å². The van der Waals surface area contributed by atoms with Crippen molar-refractivity contribution in [3.63, 3.8) is 0 Å². The molecule has 2 heterocycles. The van der Waals surface area contributed by atoms with Gasteiger partial charge in [-0.2, -0.15) is 0 Å². The quantitative estimate of drug-likeness (QED) is 0.230. The lowest BCUT2D eigenvalue weighted by atomic mass is 9.98. The van der Waals surface area contributed by atoms with Gasteiger partial charge in [-0.1, -0.05) is 30.3 Å². The second kappa shape index (κ2) is 9.79. The van der Waals surface area contributed by atoms with Gasteiger partial charge in [0.1, 0.15) is 12.3 Å². The van der Waals surface area contributed by atoms with Crippen LogP contribution in [0.1, 0.15) is 46.5 Å². The van der Waals surface area contributed by atoms with E-state index in [4.69, 9.17) is 4.74 Å². The predicted molar refractivity (Wildman–Crippen MR) is 133 cm³/mol. The number of aromatic amines is 1.